The standard InChI is InChI=1S/C13H13BrN2O/c1-8-6-7-16-13(11(8)14)17-10-5-3-4-9(2)12(10)15/h3-7H,15H2,1-2H3. The maximum Gasteiger partial charge on any atom is 0.233 e. The third kappa shape index (κ3) is 2.42. The van der Waals surface area contributed by atoms with Crippen molar-refractivity contribution in [1.29, 1.82) is 0 Å². The summed E-state index contributed by atoms with van der Waals surface area (Å²) in [5.41, 5.74) is 8.65. The van der Waals surface area contributed by atoms with Crippen LogP contribution in [0.1, 0.15) is 11.1 Å². The number of hydrogen-bond donors (Lipinski definition) is 1. The summed E-state index contributed by atoms with van der Waals surface area (Å²) in [5.74, 6) is 1.16. The van der Waals surface area contributed by atoms with Crippen molar-refractivity contribution in [3.63, 3.8) is 0 Å². The predicted octanol–water partition coefficient (Wildman–Crippen LogP) is 3.84. The molecule has 0 aliphatic carbocycles. The van der Waals surface area contributed by atoms with Gasteiger partial charge in [-0.25, -0.2) is 4.98 Å². The number of para-hydroxylation sites is 1. The van der Waals surface area contributed by atoms with E-state index in [9.17, 15) is 0 Å². The van der Waals surface area contributed by atoms with Crippen LogP contribution in [-0.2, 0) is 0 Å². The van der Waals surface area contributed by atoms with Gasteiger partial charge >= 0.3 is 0 Å². The van der Waals surface area contributed by atoms with Gasteiger partial charge in [-0.15, -0.1) is 0 Å². The molecule has 0 spiro atoms. The van der Waals surface area contributed by atoms with E-state index in [-0.39, 0.29) is 0 Å². The Hall–Kier alpha value is -1.55. The first-order chi connectivity index (χ1) is 8.09. The zero-order valence-corrected chi connectivity index (χ0v) is 11.3. The van der Waals surface area contributed by atoms with Crippen LogP contribution in [0.25, 0.3) is 0 Å². The molecule has 0 aliphatic rings. The fourth-order valence-electron chi connectivity index (χ4n) is 1.43. The van der Waals surface area contributed by atoms with Crippen molar-refractivity contribution in [2.24, 2.45) is 0 Å². The minimum atomic E-state index is 0.530. The van der Waals surface area contributed by atoms with Crippen LogP contribution < -0.4 is 10.5 Å². The van der Waals surface area contributed by atoms with Crippen LogP contribution in [0.5, 0.6) is 11.6 Å². The van der Waals surface area contributed by atoms with Crippen molar-refractivity contribution >= 4 is 21.6 Å². The zero-order chi connectivity index (χ0) is 12.4. The summed E-state index contributed by atoms with van der Waals surface area (Å²) in [6.45, 7) is 3.93. The molecule has 0 atom stereocenters. The third-order valence-corrected chi connectivity index (χ3v) is 3.51. The van der Waals surface area contributed by atoms with Gasteiger partial charge in [-0.05, 0) is 53.0 Å². The minimum absolute atomic E-state index is 0.530. The smallest absolute Gasteiger partial charge is 0.233 e. The van der Waals surface area contributed by atoms with E-state index in [0.29, 0.717) is 17.3 Å². The molecule has 0 bridgehead atoms. The summed E-state index contributed by atoms with van der Waals surface area (Å²) < 4.78 is 6.57. The number of nitrogens with zero attached hydrogens (tertiary/aromatic N) is 1. The number of nitrogen functional groups attached to an aromatic ring is 1. The average Bonchev–Trinajstić information content (AvgIpc) is 2.31. The molecule has 0 fully saturated rings. The molecule has 3 nitrogen and oxygen atoms in total. The molecule has 88 valence electrons. The summed E-state index contributed by atoms with van der Waals surface area (Å²) in [6.07, 6.45) is 1.71. The second-order valence-corrected chi connectivity index (χ2v) is 4.63. The van der Waals surface area contributed by atoms with Crippen molar-refractivity contribution in [3.05, 3.63) is 46.1 Å². The van der Waals surface area contributed by atoms with Crippen LogP contribution in [0.4, 0.5) is 5.69 Å². The van der Waals surface area contributed by atoms with E-state index >= 15 is 0 Å². The fourth-order valence-corrected chi connectivity index (χ4v) is 1.75. The Kier molecular flexibility index (Phi) is 3.33. The molecule has 0 radical (unpaired) electrons. The van der Waals surface area contributed by atoms with E-state index in [4.69, 9.17) is 10.5 Å². The molecule has 0 amide bonds. The van der Waals surface area contributed by atoms with Gasteiger partial charge in [0.2, 0.25) is 5.88 Å². The molecule has 1 aromatic heterocycles. The van der Waals surface area contributed by atoms with Gasteiger partial charge in [-0.1, -0.05) is 12.1 Å². The van der Waals surface area contributed by atoms with Gasteiger partial charge in [0.1, 0.15) is 0 Å². The molecule has 2 N–H and O–H groups in total. The zero-order valence-electron chi connectivity index (χ0n) is 9.70. The first kappa shape index (κ1) is 11.9. The minimum Gasteiger partial charge on any atom is -0.436 e. The van der Waals surface area contributed by atoms with Gasteiger partial charge in [0.15, 0.2) is 5.75 Å². The number of halogens is 1. The van der Waals surface area contributed by atoms with Gasteiger partial charge in [0, 0.05) is 6.20 Å². The van der Waals surface area contributed by atoms with E-state index in [1.165, 1.54) is 0 Å². The number of rotatable bonds is 2. The number of benzene rings is 1. The number of aromatic nitrogens is 1. The van der Waals surface area contributed by atoms with E-state index in [0.717, 1.165) is 15.6 Å². The Balaban J connectivity index is 2.38. The molecule has 0 saturated carbocycles. The molecule has 0 saturated heterocycles. The van der Waals surface area contributed by atoms with Gasteiger partial charge in [-0.2, -0.15) is 0 Å². The van der Waals surface area contributed by atoms with Gasteiger partial charge in [0.25, 0.3) is 0 Å². The lowest BCUT2D eigenvalue weighted by atomic mass is 10.2. The SMILES string of the molecule is Cc1cccc(Oc2nccc(C)c2Br)c1N. The first-order valence-corrected chi connectivity index (χ1v) is 6.03. The number of ether oxygens (including phenoxy) is 1. The molecular weight excluding hydrogens is 280 g/mol. The Morgan fingerprint density at radius 1 is 1.18 bits per heavy atom. The highest BCUT2D eigenvalue weighted by Crippen LogP contribution is 2.33. The van der Waals surface area contributed by atoms with E-state index < -0.39 is 0 Å². The third-order valence-electron chi connectivity index (χ3n) is 2.54. The second kappa shape index (κ2) is 4.75. The molecule has 1 aromatic carbocycles. The summed E-state index contributed by atoms with van der Waals surface area (Å²) in [7, 11) is 0. The monoisotopic (exact) mass is 292 g/mol. The van der Waals surface area contributed by atoms with Crippen LogP contribution in [0, 0.1) is 13.8 Å². The van der Waals surface area contributed by atoms with Crippen LogP contribution in [0.15, 0.2) is 34.9 Å². The quantitative estimate of drug-likeness (QED) is 0.856. The Labute approximate surface area is 109 Å². The molecule has 1 heterocycles. The van der Waals surface area contributed by atoms with Crippen LogP contribution in [-0.4, -0.2) is 4.98 Å². The summed E-state index contributed by atoms with van der Waals surface area (Å²) in [4.78, 5) is 4.18. The molecule has 2 rings (SSSR count). The van der Waals surface area contributed by atoms with E-state index in [2.05, 4.69) is 20.9 Å². The van der Waals surface area contributed by atoms with Gasteiger partial charge in [-0.3, -0.25) is 0 Å². The Bertz CT molecular complexity index is 506. The lowest BCUT2D eigenvalue weighted by molar-refractivity contribution is 0.461. The first-order valence-electron chi connectivity index (χ1n) is 5.23. The van der Waals surface area contributed by atoms with Crippen molar-refractivity contribution < 1.29 is 4.74 Å². The molecule has 17 heavy (non-hydrogen) atoms. The highest BCUT2D eigenvalue weighted by Gasteiger charge is 2.09. The van der Waals surface area contributed by atoms with Crippen molar-refractivity contribution in [1.82, 2.24) is 4.98 Å². The highest BCUT2D eigenvalue weighted by molar-refractivity contribution is 9.10. The Morgan fingerprint density at radius 2 is 1.94 bits per heavy atom. The predicted molar refractivity (Wildman–Crippen MR) is 72.3 cm³/mol. The number of anilines is 1. The molecule has 0 unspecified atom stereocenters. The second-order valence-electron chi connectivity index (χ2n) is 3.84. The number of hydrogen-bond acceptors (Lipinski definition) is 3. The largest absolute Gasteiger partial charge is 0.436 e. The topological polar surface area (TPSA) is 48.1 Å². The maximum absolute atomic E-state index is 5.95. The number of pyridine rings is 1. The lowest BCUT2D eigenvalue weighted by Crippen LogP contribution is -1.96. The molecule has 0 aliphatic heterocycles. The summed E-state index contributed by atoms with van der Waals surface area (Å²) >= 11 is 3.45. The highest BCUT2D eigenvalue weighted by atomic mass is 79.9. The average molecular weight is 293 g/mol. The van der Waals surface area contributed by atoms with Crippen LogP contribution in [0.2, 0.25) is 0 Å². The van der Waals surface area contributed by atoms with Crippen LogP contribution in [0.3, 0.4) is 0 Å². The Morgan fingerprint density at radius 3 is 2.71 bits per heavy atom. The van der Waals surface area contributed by atoms with Gasteiger partial charge < -0.3 is 10.5 Å². The number of nitrogens with two attached hydrogens (primary N) is 1. The lowest BCUT2D eigenvalue weighted by Gasteiger charge is -2.11. The molecule has 2 aromatic rings. The summed E-state index contributed by atoms with van der Waals surface area (Å²) in [5, 5.41) is 0. The van der Waals surface area contributed by atoms with E-state index in [1.807, 2.05) is 38.1 Å². The maximum atomic E-state index is 5.95. The normalized spacial score (nSPS) is 10.3. The van der Waals surface area contributed by atoms with E-state index in [1.54, 1.807) is 6.20 Å². The van der Waals surface area contributed by atoms with Crippen molar-refractivity contribution in [3.8, 4) is 11.6 Å². The number of aryl methyl sites for hydroxylation is 2. The van der Waals surface area contributed by atoms with Gasteiger partial charge in [0.05, 0.1) is 10.2 Å². The summed E-state index contributed by atoms with van der Waals surface area (Å²) in [6, 6.07) is 7.60. The molecule has 4 heteroatoms. The van der Waals surface area contributed by atoms with Crippen LogP contribution >= 0.6 is 15.9 Å². The van der Waals surface area contributed by atoms with Crippen molar-refractivity contribution in [2.45, 2.75) is 13.8 Å². The van der Waals surface area contributed by atoms with Crippen molar-refractivity contribution in [2.75, 3.05) is 5.73 Å². The fraction of sp³-hybridized carbons (Fsp3) is 0.154. The molecular formula is C13H13BrN2O.